The second-order valence-electron chi connectivity index (χ2n) is 16.6. The van der Waals surface area contributed by atoms with E-state index in [1.165, 1.54) is 12.3 Å². The van der Waals surface area contributed by atoms with Gasteiger partial charge in [-0.25, -0.2) is 13.2 Å². The van der Waals surface area contributed by atoms with Crippen LogP contribution in [0, 0.1) is 28.6 Å². The molecule has 0 aromatic rings. The van der Waals surface area contributed by atoms with Gasteiger partial charge in [0, 0.05) is 19.3 Å². The Balaban J connectivity index is 1.39. The fourth-order valence-electron chi connectivity index (χ4n) is 9.19. The van der Waals surface area contributed by atoms with Gasteiger partial charge < -0.3 is 26.2 Å². The minimum atomic E-state index is -3.39. The van der Waals surface area contributed by atoms with Crippen LogP contribution in [0.25, 0.3) is 0 Å². The highest BCUT2D eigenvalue weighted by Crippen LogP contribution is 2.65. The highest BCUT2D eigenvalue weighted by molar-refractivity contribution is 7.90. The number of sulfone groups is 1. The van der Waals surface area contributed by atoms with E-state index in [0.29, 0.717) is 25.8 Å². The number of urea groups is 1. The molecule has 5 amide bonds. The number of hydrogen-bond donors (Lipinski definition) is 4. The number of piperidine rings is 1. The van der Waals surface area contributed by atoms with E-state index < -0.39 is 62.5 Å². The van der Waals surface area contributed by atoms with Gasteiger partial charge in [-0.2, -0.15) is 0 Å². The Morgan fingerprint density at radius 3 is 2.10 bits per heavy atom. The number of ketones is 1. The molecule has 49 heavy (non-hydrogen) atoms. The smallest absolute Gasteiger partial charge is 0.315 e. The van der Waals surface area contributed by atoms with Crippen molar-refractivity contribution in [2.24, 2.45) is 28.6 Å². The summed E-state index contributed by atoms with van der Waals surface area (Å²) in [7, 11) is -3.39. The van der Waals surface area contributed by atoms with Crippen LogP contribution in [0.1, 0.15) is 104 Å². The Bertz CT molecular complexity index is 1430. The second-order valence-corrected chi connectivity index (χ2v) is 18.8. The molecule has 4 N–H and O–H groups in total. The lowest BCUT2D eigenvalue weighted by atomic mass is 9.70. The van der Waals surface area contributed by atoms with Gasteiger partial charge in [0.25, 0.3) is 5.91 Å². The third-order valence-corrected chi connectivity index (χ3v) is 13.3. The molecule has 4 saturated carbocycles. The van der Waals surface area contributed by atoms with Gasteiger partial charge in [-0.3, -0.25) is 19.2 Å². The average Bonchev–Trinajstić information content (AvgIpc) is 3.88. The lowest BCUT2D eigenvalue weighted by Crippen LogP contribution is -2.64. The van der Waals surface area contributed by atoms with Crippen molar-refractivity contribution in [1.29, 1.82) is 0 Å². The molecule has 4 aliphatic carbocycles. The number of carbonyl (C=O) groups is 5. The summed E-state index contributed by atoms with van der Waals surface area (Å²) in [5.74, 6) is -2.23. The van der Waals surface area contributed by atoms with Crippen molar-refractivity contribution in [2.75, 3.05) is 25.1 Å². The molecule has 274 valence electrons. The molecular weight excluding hydrogens is 646 g/mol. The molecule has 0 spiro atoms. The van der Waals surface area contributed by atoms with Gasteiger partial charge >= 0.3 is 6.03 Å². The quantitative estimate of drug-likeness (QED) is 0.159. The van der Waals surface area contributed by atoms with Crippen LogP contribution in [0.3, 0.4) is 0 Å². The predicted octanol–water partition coefficient (Wildman–Crippen LogP) is 3.01. The minimum Gasteiger partial charge on any atom is -0.346 e. The molecule has 5 aliphatic rings. The van der Waals surface area contributed by atoms with Gasteiger partial charge in [0.1, 0.15) is 21.9 Å². The van der Waals surface area contributed by atoms with Gasteiger partial charge in [-0.05, 0) is 60.7 Å². The second kappa shape index (κ2) is 14.3. The van der Waals surface area contributed by atoms with Crippen LogP contribution in [0.5, 0.6) is 0 Å². The van der Waals surface area contributed by atoms with Gasteiger partial charge in [0.2, 0.25) is 17.6 Å². The summed E-state index contributed by atoms with van der Waals surface area (Å²) < 4.78 is 24.8. The van der Waals surface area contributed by atoms with E-state index in [9.17, 15) is 32.4 Å². The number of likely N-dealkylation sites (tertiary alicyclic amines) is 1. The first-order chi connectivity index (χ1) is 23.0. The number of fused-ring (bicyclic) bond motifs is 1. The normalized spacial score (nSPS) is 27.8. The molecular formula is C36H57N5O7S. The predicted molar refractivity (Wildman–Crippen MR) is 186 cm³/mol. The van der Waals surface area contributed by atoms with Crippen molar-refractivity contribution in [3.8, 4) is 0 Å². The monoisotopic (exact) mass is 703 g/mol. The van der Waals surface area contributed by atoms with Crippen LogP contribution >= 0.6 is 0 Å². The van der Waals surface area contributed by atoms with Crippen molar-refractivity contribution in [1.82, 2.24) is 26.2 Å². The standard InChI is InChI=1S/C36H57N5O7S/c1-6-19-37-31(44)28(42)25(20-23-13-14-23)38-30(43)27-26-24(34(26,2)3)21-41(27)32(45)29(35(4)15-9-7-10-16-35)39-33(46)40-36(22-49(5,47)48)17-11-8-12-18-36/h6,23-27,29H,1,7-22H2,2-5H3,(H,37,44)(H,38,43)(H2,39,40,46)/t24-,25?,26-,27-,29+/m0/s1. The summed E-state index contributed by atoms with van der Waals surface area (Å²) in [6, 6.07) is -3.36. The lowest BCUT2D eigenvalue weighted by molar-refractivity contribution is -0.146. The van der Waals surface area contributed by atoms with E-state index in [0.717, 1.165) is 64.2 Å². The Morgan fingerprint density at radius 1 is 0.918 bits per heavy atom. The first kappa shape index (κ1) is 37.3. The Kier molecular flexibility index (Phi) is 10.9. The van der Waals surface area contributed by atoms with Gasteiger partial charge in [-0.15, -0.1) is 6.58 Å². The van der Waals surface area contributed by atoms with E-state index in [1.807, 2.05) is 6.92 Å². The Morgan fingerprint density at radius 2 is 1.53 bits per heavy atom. The Hall–Kier alpha value is -2.96. The van der Waals surface area contributed by atoms with Crippen molar-refractivity contribution < 1.29 is 32.4 Å². The molecule has 0 aromatic carbocycles. The number of nitrogens with zero attached hydrogens (tertiary/aromatic N) is 1. The van der Waals surface area contributed by atoms with Crippen LogP contribution in [0.4, 0.5) is 4.79 Å². The largest absolute Gasteiger partial charge is 0.346 e. The summed E-state index contributed by atoms with van der Waals surface area (Å²) >= 11 is 0. The van der Waals surface area contributed by atoms with Crippen LogP contribution in [0.15, 0.2) is 12.7 Å². The fraction of sp³-hybridized carbons (Fsp3) is 0.806. The fourth-order valence-corrected chi connectivity index (χ4v) is 10.6. The number of amides is 5. The maximum absolute atomic E-state index is 14.8. The highest BCUT2D eigenvalue weighted by atomic mass is 32.2. The zero-order chi connectivity index (χ0) is 35.8. The van der Waals surface area contributed by atoms with E-state index in [-0.39, 0.29) is 41.4 Å². The average molecular weight is 704 g/mol. The van der Waals surface area contributed by atoms with Crippen LogP contribution in [-0.4, -0.2) is 91.6 Å². The first-order valence-corrected chi connectivity index (χ1v) is 20.4. The third-order valence-electron chi connectivity index (χ3n) is 12.2. The molecule has 1 heterocycles. The Labute approximate surface area is 291 Å². The van der Waals surface area contributed by atoms with Crippen molar-refractivity contribution in [3.63, 3.8) is 0 Å². The van der Waals surface area contributed by atoms with Crippen LogP contribution in [-0.2, 0) is 29.0 Å². The number of carbonyl (C=O) groups excluding carboxylic acids is 5. The topological polar surface area (TPSA) is 171 Å². The van der Waals surface area contributed by atoms with Crippen LogP contribution < -0.4 is 21.3 Å². The molecule has 0 aromatic heterocycles. The van der Waals surface area contributed by atoms with E-state index >= 15 is 0 Å². The molecule has 1 aliphatic heterocycles. The number of nitrogens with one attached hydrogen (secondary N) is 4. The number of hydrogen-bond acceptors (Lipinski definition) is 7. The first-order valence-electron chi connectivity index (χ1n) is 18.3. The molecule has 0 bridgehead atoms. The zero-order valence-corrected chi connectivity index (χ0v) is 30.6. The molecule has 5 atom stereocenters. The molecule has 1 unspecified atom stereocenters. The van der Waals surface area contributed by atoms with Crippen molar-refractivity contribution >= 4 is 39.4 Å². The van der Waals surface area contributed by atoms with E-state index in [4.69, 9.17) is 0 Å². The number of rotatable bonds is 14. The summed E-state index contributed by atoms with van der Waals surface area (Å²) in [5.41, 5.74) is -1.66. The maximum Gasteiger partial charge on any atom is 0.315 e. The summed E-state index contributed by atoms with van der Waals surface area (Å²) in [5, 5.41) is 11.4. The zero-order valence-electron chi connectivity index (χ0n) is 29.8. The SMILES string of the molecule is C=CCNC(=O)C(=O)C(CC1CC1)NC(=O)[C@@H]1[C@@H]2[C@H](CN1C(=O)[C@@H](NC(=O)NC1(CS(C)(=O)=O)CCCCC1)C1(C)CCCCC1)C2(C)C. The molecule has 1 saturated heterocycles. The van der Waals surface area contributed by atoms with E-state index in [1.54, 1.807) is 4.90 Å². The summed E-state index contributed by atoms with van der Waals surface area (Å²) in [4.78, 5) is 70.3. The van der Waals surface area contributed by atoms with Crippen molar-refractivity contribution in [3.05, 3.63) is 12.7 Å². The minimum absolute atomic E-state index is 0.0783. The van der Waals surface area contributed by atoms with Crippen molar-refractivity contribution in [2.45, 2.75) is 128 Å². The van der Waals surface area contributed by atoms with Gasteiger partial charge in [0.05, 0.1) is 17.3 Å². The summed E-state index contributed by atoms with van der Waals surface area (Å²) in [6.07, 6.45) is 12.8. The molecule has 5 fully saturated rings. The van der Waals surface area contributed by atoms with Gasteiger partial charge in [-0.1, -0.05) is 78.2 Å². The third kappa shape index (κ3) is 8.51. The lowest BCUT2D eigenvalue weighted by Gasteiger charge is -2.44. The van der Waals surface area contributed by atoms with Gasteiger partial charge in [0.15, 0.2) is 0 Å². The molecule has 0 radical (unpaired) electrons. The molecule has 13 heteroatoms. The maximum atomic E-state index is 14.8. The number of Topliss-reactive ketones (excluding diaryl/α,β-unsaturated/α-hetero) is 1. The summed E-state index contributed by atoms with van der Waals surface area (Å²) in [6.45, 7) is 10.2. The highest BCUT2D eigenvalue weighted by Gasteiger charge is 2.70. The molecule has 12 nitrogen and oxygen atoms in total. The molecule has 5 rings (SSSR count). The van der Waals surface area contributed by atoms with E-state index in [2.05, 4.69) is 41.7 Å². The van der Waals surface area contributed by atoms with Crippen LogP contribution in [0.2, 0.25) is 0 Å².